The first-order valence-corrected chi connectivity index (χ1v) is 5.50. The molecular weight excluding hydrogens is 232 g/mol. The molecule has 0 saturated heterocycles. The topological polar surface area (TPSA) is 64.3 Å². The number of aromatic carboxylic acids is 1. The second-order valence-electron chi connectivity index (χ2n) is 3.95. The van der Waals surface area contributed by atoms with Crippen molar-refractivity contribution in [1.29, 1.82) is 0 Å². The molecule has 0 amide bonds. The fraction of sp³-hybridized carbons (Fsp3) is 0.231. The van der Waals surface area contributed by atoms with Crippen LogP contribution in [0.1, 0.15) is 21.9 Å². The lowest BCUT2D eigenvalue weighted by atomic mass is 10.2. The minimum absolute atomic E-state index is 0.0704. The third-order valence-corrected chi connectivity index (χ3v) is 2.71. The molecule has 0 bridgehead atoms. The quantitative estimate of drug-likeness (QED) is 0.895. The van der Waals surface area contributed by atoms with Crippen LogP contribution in [0.3, 0.4) is 0 Å². The number of ether oxygens (including phenoxy) is 1. The Hall–Kier alpha value is -2.30. The molecule has 5 heteroatoms. The first kappa shape index (κ1) is 12.2. The van der Waals surface area contributed by atoms with Crippen LogP contribution in [0.25, 0.3) is 0 Å². The van der Waals surface area contributed by atoms with Gasteiger partial charge in [0.25, 0.3) is 0 Å². The summed E-state index contributed by atoms with van der Waals surface area (Å²) in [7, 11) is 1.62. The van der Waals surface area contributed by atoms with Crippen LogP contribution in [-0.4, -0.2) is 27.7 Å². The molecule has 0 aliphatic heterocycles. The Kier molecular flexibility index (Phi) is 3.32. The summed E-state index contributed by atoms with van der Waals surface area (Å²) in [6.45, 7) is 2.38. The van der Waals surface area contributed by atoms with E-state index in [1.54, 1.807) is 20.2 Å². The van der Waals surface area contributed by atoms with Crippen molar-refractivity contribution in [3.8, 4) is 5.75 Å². The lowest BCUT2D eigenvalue weighted by Gasteiger charge is -2.06. The summed E-state index contributed by atoms with van der Waals surface area (Å²) in [4.78, 5) is 14.8. The molecule has 1 N–H and O–H groups in total. The van der Waals surface area contributed by atoms with Gasteiger partial charge in [-0.15, -0.1) is 0 Å². The monoisotopic (exact) mass is 246 g/mol. The predicted molar refractivity (Wildman–Crippen MR) is 66.0 cm³/mol. The zero-order valence-electron chi connectivity index (χ0n) is 10.3. The smallest absolute Gasteiger partial charge is 0.356 e. The average molecular weight is 246 g/mol. The van der Waals surface area contributed by atoms with Crippen LogP contribution in [-0.2, 0) is 6.54 Å². The van der Waals surface area contributed by atoms with Gasteiger partial charge in [-0.05, 0) is 24.6 Å². The highest BCUT2D eigenvalue weighted by molar-refractivity contribution is 5.85. The van der Waals surface area contributed by atoms with Gasteiger partial charge in [0.15, 0.2) is 5.69 Å². The second kappa shape index (κ2) is 4.91. The average Bonchev–Trinajstić information content (AvgIpc) is 2.72. The molecule has 1 aromatic carbocycles. The highest BCUT2D eigenvalue weighted by Crippen LogP contribution is 2.13. The Bertz CT molecular complexity index is 558. The van der Waals surface area contributed by atoms with Gasteiger partial charge in [0, 0.05) is 12.7 Å². The number of hydrogen-bond donors (Lipinski definition) is 1. The summed E-state index contributed by atoms with van der Waals surface area (Å²) in [5.74, 6) is 0.474. The highest BCUT2D eigenvalue weighted by Gasteiger charge is 2.10. The van der Waals surface area contributed by atoms with Crippen molar-refractivity contribution < 1.29 is 14.6 Å². The van der Waals surface area contributed by atoms with Crippen molar-refractivity contribution in [3.63, 3.8) is 0 Å². The zero-order chi connectivity index (χ0) is 13.1. The molecule has 5 nitrogen and oxygen atoms in total. The minimum atomic E-state index is -1.01. The van der Waals surface area contributed by atoms with E-state index in [-0.39, 0.29) is 5.69 Å². The van der Waals surface area contributed by atoms with E-state index in [4.69, 9.17) is 9.84 Å². The van der Waals surface area contributed by atoms with Crippen molar-refractivity contribution >= 4 is 5.97 Å². The summed E-state index contributed by atoms with van der Waals surface area (Å²) >= 11 is 0. The zero-order valence-corrected chi connectivity index (χ0v) is 10.3. The Balaban J connectivity index is 2.19. The van der Waals surface area contributed by atoms with E-state index in [2.05, 4.69) is 4.98 Å². The maximum absolute atomic E-state index is 10.8. The van der Waals surface area contributed by atoms with Gasteiger partial charge in [-0.3, -0.25) is 0 Å². The first-order valence-electron chi connectivity index (χ1n) is 5.50. The van der Waals surface area contributed by atoms with Crippen LogP contribution in [0.5, 0.6) is 5.75 Å². The molecule has 1 aromatic heterocycles. The summed E-state index contributed by atoms with van der Waals surface area (Å²) in [5.41, 5.74) is 1.13. The van der Waals surface area contributed by atoms with Crippen LogP contribution in [0, 0.1) is 6.92 Å². The summed E-state index contributed by atoms with van der Waals surface area (Å²) < 4.78 is 6.89. The number of rotatable bonds is 4. The Morgan fingerprint density at radius 1 is 1.39 bits per heavy atom. The molecule has 18 heavy (non-hydrogen) atoms. The number of carboxylic acids is 1. The predicted octanol–water partition coefficient (Wildman–Crippen LogP) is 1.95. The van der Waals surface area contributed by atoms with Crippen LogP contribution >= 0.6 is 0 Å². The molecule has 2 rings (SSSR count). The van der Waals surface area contributed by atoms with Crippen LogP contribution in [0.4, 0.5) is 0 Å². The molecule has 0 fully saturated rings. The van der Waals surface area contributed by atoms with Crippen molar-refractivity contribution in [3.05, 3.63) is 47.5 Å². The third kappa shape index (κ3) is 2.51. The number of aryl methyl sites for hydroxylation is 1. The fourth-order valence-corrected chi connectivity index (χ4v) is 1.70. The number of carbonyl (C=O) groups is 1. The highest BCUT2D eigenvalue weighted by atomic mass is 16.5. The van der Waals surface area contributed by atoms with Gasteiger partial charge in [0.2, 0.25) is 0 Å². The van der Waals surface area contributed by atoms with Crippen LogP contribution < -0.4 is 4.74 Å². The van der Waals surface area contributed by atoms with E-state index in [0.29, 0.717) is 12.4 Å². The van der Waals surface area contributed by atoms with Gasteiger partial charge in [-0.1, -0.05) is 12.1 Å². The van der Waals surface area contributed by atoms with Gasteiger partial charge in [-0.25, -0.2) is 9.78 Å². The number of hydrogen-bond acceptors (Lipinski definition) is 3. The first-order chi connectivity index (χ1) is 8.60. The van der Waals surface area contributed by atoms with E-state index >= 15 is 0 Å². The van der Waals surface area contributed by atoms with E-state index in [1.165, 1.54) is 0 Å². The molecule has 0 radical (unpaired) electrons. The standard InChI is InChI=1S/C13H14N2O3/c1-9-14-12(13(16)17)8-15(9)7-10-3-5-11(18-2)6-4-10/h3-6,8H,7H2,1-2H3,(H,16,17). The Labute approximate surface area is 105 Å². The largest absolute Gasteiger partial charge is 0.497 e. The van der Waals surface area contributed by atoms with Gasteiger partial charge in [0.1, 0.15) is 11.6 Å². The number of carboxylic acid groups (broad SMARTS) is 1. The number of nitrogens with zero attached hydrogens (tertiary/aromatic N) is 2. The summed E-state index contributed by atoms with van der Waals surface area (Å²) in [6.07, 6.45) is 1.54. The molecular formula is C13H14N2O3. The molecule has 94 valence electrons. The van der Waals surface area contributed by atoms with Crippen LogP contribution in [0.2, 0.25) is 0 Å². The molecule has 2 aromatic rings. The SMILES string of the molecule is COc1ccc(Cn2cc(C(=O)O)nc2C)cc1. The summed E-state index contributed by atoms with van der Waals surface area (Å²) in [5, 5.41) is 8.86. The summed E-state index contributed by atoms with van der Waals surface area (Å²) in [6, 6.07) is 7.64. The molecule has 0 aliphatic rings. The Morgan fingerprint density at radius 3 is 2.56 bits per heavy atom. The van der Waals surface area contributed by atoms with E-state index < -0.39 is 5.97 Å². The minimum Gasteiger partial charge on any atom is -0.497 e. The molecule has 1 heterocycles. The molecule has 0 unspecified atom stereocenters. The van der Waals surface area contributed by atoms with E-state index in [0.717, 1.165) is 11.3 Å². The van der Waals surface area contributed by atoms with Gasteiger partial charge >= 0.3 is 5.97 Å². The van der Waals surface area contributed by atoms with Crippen molar-refractivity contribution in [1.82, 2.24) is 9.55 Å². The van der Waals surface area contributed by atoms with Crippen molar-refractivity contribution in [2.24, 2.45) is 0 Å². The lowest BCUT2D eigenvalue weighted by Crippen LogP contribution is -2.00. The molecule has 0 atom stereocenters. The molecule has 0 aliphatic carbocycles. The fourth-order valence-electron chi connectivity index (χ4n) is 1.70. The third-order valence-electron chi connectivity index (χ3n) is 2.71. The van der Waals surface area contributed by atoms with Gasteiger partial charge in [0.05, 0.1) is 7.11 Å². The van der Waals surface area contributed by atoms with Crippen molar-refractivity contribution in [2.45, 2.75) is 13.5 Å². The maximum Gasteiger partial charge on any atom is 0.356 e. The normalized spacial score (nSPS) is 10.3. The second-order valence-corrected chi connectivity index (χ2v) is 3.95. The van der Waals surface area contributed by atoms with Gasteiger partial charge in [-0.2, -0.15) is 0 Å². The number of methoxy groups -OCH3 is 1. The molecule has 0 spiro atoms. The molecule has 0 saturated carbocycles. The van der Waals surface area contributed by atoms with E-state index in [9.17, 15) is 4.79 Å². The van der Waals surface area contributed by atoms with Gasteiger partial charge < -0.3 is 14.4 Å². The van der Waals surface area contributed by atoms with Crippen molar-refractivity contribution in [2.75, 3.05) is 7.11 Å². The number of aromatic nitrogens is 2. The Morgan fingerprint density at radius 2 is 2.06 bits per heavy atom. The lowest BCUT2D eigenvalue weighted by molar-refractivity contribution is 0.0691. The van der Waals surface area contributed by atoms with E-state index in [1.807, 2.05) is 28.8 Å². The number of benzene rings is 1. The number of imidazole rings is 1. The van der Waals surface area contributed by atoms with Crippen LogP contribution in [0.15, 0.2) is 30.5 Å². The maximum atomic E-state index is 10.8.